The third kappa shape index (κ3) is 3.91. The monoisotopic (exact) mass is 174 g/mol. The Hall–Kier alpha value is -0.260. The van der Waals surface area contributed by atoms with Crippen LogP contribution in [0.2, 0.25) is 0 Å². The third-order valence-corrected chi connectivity index (χ3v) is 0.806. The quantitative estimate of drug-likeness (QED) is 0.470. The topological polar surface area (TPSA) is 20.2 Å². The summed E-state index contributed by atoms with van der Waals surface area (Å²) in [6.07, 6.45) is 2.73. The van der Waals surface area contributed by atoms with Crippen molar-refractivity contribution in [2.45, 2.75) is 13.0 Å². The fourth-order valence-electron chi connectivity index (χ4n) is 0.286. The molecule has 0 aliphatic carbocycles. The molecule has 0 aromatic heterocycles. The van der Waals surface area contributed by atoms with Crippen LogP contribution in [-0.2, 0) is 0 Å². The van der Waals surface area contributed by atoms with Gasteiger partial charge < -0.3 is 5.11 Å². The highest BCUT2D eigenvalue weighted by Gasteiger charge is 1.85. The number of hydrogen-bond donors (Lipinski definition) is 1. The zero-order valence-corrected chi connectivity index (χ0v) is 6.14. The Kier molecular flexibility index (Phi) is 4.73. The first-order chi connectivity index (χ1) is 3.81. The van der Waals surface area contributed by atoms with Gasteiger partial charge in [0.1, 0.15) is 6.10 Å². The van der Waals surface area contributed by atoms with E-state index in [2.05, 4.69) is 26.7 Å². The maximum absolute atomic E-state index is 8.76. The highest BCUT2D eigenvalue weighted by atomic mass is 79.9. The van der Waals surface area contributed by atoms with E-state index >= 15 is 0 Å². The molecule has 0 amide bonds. The van der Waals surface area contributed by atoms with E-state index in [-0.39, 0.29) is 0 Å². The van der Waals surface area contributed by atoms with Crippen molar-refractivity contribution < 1.29 is 5.11 Å². The molecular weight excluding hydrogens is 168 g/mol. The van der Waals surface area contributed by atoms with Gasteiger partial charge in [0, 0.05) is 15.9 Å². The number of hydrogen-bond acceptors (Lipinski definition) is 1. The highest BCUT2D eigenvalue weighted by Crippen LogP contribution is 1.82. The van der Waals surface area contributed by atoms with Gasteiger partial charge in [-0.2, -0.15) is 0 Å². The number of allylic oxidation sites excluding steroid dienone is 1. The van der Waals surface area contributed by atoms with Crippen LogP contribution >= 0.6 is 15.9 Å². The third-order valence-electron chi connectivity index (χ3n) is 0.577. The predicted molar refractivity (Wildman–Crippen MR) is 37.5 cm³/mol. The van der Waals surface area contributed by atoms with Crippen molar-refractivity contribution in [2.24, 2.45) is 0 Å². The molecule has 0 aromatic rings. The molecule has 0 aliphatic heterocycles. The summed E-state index contributed by atoms with van der Waals surface area (Å²) in [5.41, 5.74) is 0. The smallest absolute Gasteiger partial charge is 0.134 e. The van der Waals surface area contributed by atoms with E-state index in [0.717, 1.165) is 0 Å². The van der Waals surface area contributed by atoms with Crippen LogP contribution in [0.3, 0.4) is 0 Å². The molecule has 0 rings (SSSR count). The zero-order chi connectivity index (χ0) is 6.41. The summed E-state index contributed by atoms with van der Waals surface area (Å²) >= 11 is 2.86. The Labute approximate surface area is 57.5 Å². The fraction of sp³-hybridized carbons (Fsp3) is 0.333. The maximum atomic E-state index is 8.76. The molecule has 1 nitrogen and oxygen atoms in total. The Balaban J connectivity index is 3.59. The molecule has 0 aliphatic rings. The normalized spacial score (nSPS) is 12.9. The number of rotatable bonds is 1. The minimum Gasteiger partial charge on any atom is -0.377 e. The van der Waals surface area contributed by atoms with Crippen LogP contribution in [-0.4, -0.2) is 11.2 Å². The molecule has 0 spiro atoms. The van der Waals surface area contributed by atoms with Crippen LogP contribution in [0.4, 0.5) is 0 Å². The fourth-order valence-corrected chi connectivity index (χ4v) is 0.521. The van der Waals surface area contributed by atoms with E-state index < -0.39 is 6.10 Å². The molecule has 1 N–H and O–H groups in total. The lowest BCUT2D eigenvalue weighted by Crippen LogP contribution is -1.94. The first kappa shape index (κ1) is 7.74. The van der Waals surface area contributed by atoms with Gasteiger partial charge in [0.25, 0.3) is 0 Å². The first-order valence-electron chi connectivity index (χ1n) is 2.23. The molecule has 1 atom stereocenters. The van der Waals surface area contributed by atoms with E-state index in [0.29, 0.717) is 0 Å². The predicted octanol–water partition coefficient (Wildman–Crippen LogP) is 1.28. The Morgan fingerprint density at radius 1 is 1.75 bits per heavy atom. The summed E-state index contributed by atoms with van der Waals surface area (Å²) in [4.78, 5) is 2.41. The summed E-state index contributed by atoms with van der Waals surface area (Å²) in [6, 6.07) is 0. The van der Waals surface area contributed by atoms with Crippen LogP contribution in [0.15, 0.2) is 12.2 Å². The maximum Gasteiger partial charge on any atom is 0.134 e. The lowest BCUT2D eigenvalue weighted by molar-refractivity contribution is 0.280. The molecule has 44 valence electrons. The van der Waals surface area contributed by atoms with Crippen molar-refractivity contribution in [3.63, 3.8) is 0 Å². The molecule has 0 aromatic carbocycles. The molecule has 0 unspecified atom stereocenters. The molecule has 0 heterocycles. The standard InChI is InChI=1S/C6H7BrO/c1-2-3-6(8)4-5-7/h2-3,6,8H,1H3/b3-2+/t6-/m0/s1. The van der Waals surface area contributed by atoms with E-state index in [9.17, 15) is 0 Å². The Morgan fingerprint density at radius 2 is 2.38 bits per heavy atom. The number of aliphatic hydroxyl groups excluding tert-OH is 1. The van der Waals surface area contributed by atoms with Gasteiger partial charge in [0.15, 0.2) is 0 Å². The zero-order valence-electron chi connectivity index (χ0n) is 4.56. The van der Waals surface area contributed by atoms with E-state index in [1.165, 1.54) is 0 Å². The first-order valence-corrected chi connectivity index (χ1v) is 3.02. The van der Waals surface area contributed by atoms with Crippen LogP contribution in [0.5, 0.6) is 0 Å². The van der Waals surface area contributed by atoms with Crippen molar-refractivity contribution in [3.05, 3.63) is 12.2 Å². The molecule has 0 saturated carbocycles. The van der Waals surface area contributed by atoms with Crippen LogP contribution in [0.1, 0.15) is 6.92 Å². The average molecular weight is 175 g/mol. The minimum atomic E-state index is -0.626. The Morgan fingerprint density at radius 3 is 2.75 bits per heavy atom. The molecule has 2 heteroatoms. The second-order valence-electron chi connectivity index (χ2n) is 1.21. The second-order valence-corrected chi connectivity index (χ2v) is 1.61. The highest BCUT2D eigenvalue weighted by molar-refractivity contribution is 9.12. The second kappa shape index (κ2) is 4.89. The van der Waals surface area contributed by atoms with E-state index in [1.54, 1.807) is 12.2 Å². The van der Waals surface area contributed by atoms with Crippen LogP contribution < -0.4 is 0 Å². The van der Waals surface area contributed by atoms with Crippen LogP contribution in [0.25, 0.3) is 0 Å². The van der Waals surface area contributed by atoms with Crippen LogP contribution in [0, 0.1) is 10.8 Å². The van der Waals surface area contributed by atoms with Gasteiger partial charge in [-0.1, -0.05) is 12.0 Å². The van der Waals surface area contributed by atoms with Crippen molar-refractivity contribution >= 4 is 15.9 Å². The SMILES string of the molecule is C/C=C/[C@H](O)C#CBr. The summed E-state index contributed by atoms with van der Waals surface area (Å²) in [5.74, 6) is 2.48. The summed E-state index contributed by atoms with van der Waals surface area (Å²) < 4.78 is 0. The summed E-state index contributed by atoms with van der Waals surface area (Å²) in [7, 11) is 0. The van der Waals surface area contributed by atoms with Crippen molar-refractivity contribution in [1.29, 1.82) is 0 Å². The van der Waals surface area contributed by atoms with Crippen molar-refractivity contribution in [2.75, 3.05) is 0 Å². The van der Waals surface area contributed by atoms with Gasteiger partial charge in [-0.3, -0.25) is 0 Å². The molecule has 0 saturated heterocycles. The largest absolute Gasteiger partial charge is 0.377 e. The number of aliphatic hydroxyl groups is 1. The molecular formula is C6H7BrO. The molecule has 0 bridgehead atoms. The lowest BCUT2D eigenvalue weighted by atomic mass is 10.3. The van der Waals surface area contributed by atoms with Crippen molar-refractivity contribution in [1.82, 2.24) is 0 Å². The average Bonchev–Trinajstić information content (AvgIpc) is 1.68. The van der Waals surface area contributed by atoms with Gasteiger partial charge >= 0.3 is 0 Å². The van der Waals surface area contributed by atoms with Gasteiger partial charge in [-0.25, -0.2) is 0 Å². The Bertz CT molecular complexity index is 129. The number of halogens is 1. The summed E-state index contributed by atoms with van der Waals surface area (Å²) in [6.45, 7) is 1.83. The van der Waals surface area contributed by atoms with Gasteiger partial charge in [0.2, 0.25) is 0 Å². The van der Waals surface area contributed by atoms with E-state index in [1.807, 2.05) is 6.92 Å². The van der Waals surface area contributed by atoms with E-state index in [4.69, 9.17) is 5.11 Å². The van der Waals surface area contributed by atoms with Gasteiger partial charge in [-0.05, 0) is 17.8 Å². The molecule has 0 fully saturated rings. The lowest BCUT2D eigenvalue weighted by Gasteiger charge is -1.87. The summed E-state index contributed by atoms with van der Waals surface area (Å²) in [5, 5.41) is 8.76. The minimum absolute atomic E-state index is 0.626. The molecule has 8 heavy (non-hydrogen) atoms. The van der Waals surface area contributed by atoms with Gasteiger partial charge in [0.05, 0.1) is 0 Å². The van der Waals surface area contributed by atoms with Crippen molar-refractivity contribution in [3.8, 4) is 10.8 Å². The van der Waals surface area contributed by atoms with Gasteiger partial charge in [-0.15, -0.1) is 0 Å². The molecule has 0 radical (unpaired) electrons.